The van der Waals surface area contributed by atoms with Gasteiger partial charge in [0.05, 0.1) is 0 Å². The highest BCUT2D eigenvalue weighted by atomic mass is 19.1. The third-order valence-corrected chi connectivity index (χ3v) is 5.88. The van der Waals surface area contributed by atoms with Gasteiger partial charge in [-0.3, -0.25) is 4.79 Å². The number of carbonyl (C=O) groups is 2. The molecule has 0 saturated carbocycles. The van der Waals surface area contributed by atoms with Crippen LogP contribution in [0.25, 0.3) is 11.1 Å². The zero-order valence-corrected chi connectivity index (χ0v) is 18.5. The normalized spacial score (nSPS) is 14.0. The van der Waals surface area contributed by atoms with Crippen LogP contribution < -0.4 is 11.1 Å². The Bertz CT molecular complexity index is 1180. The zero-order chi connectivity index (χ0) is 24.2. The number of nitrogens with two attached hydrogens (primary N) is 1. The number of carbonyl (C=O) groups excluding carboxylic acids is 2. The number of anilines is 2. The molecule has 1 saturated heterocycles. The number of hydrogen-bond donors (Lipinski definition) is 2. The fourth-order valence-electron chi connectivity index (χ4n) is 3.96. The summed E-state index contributed by atoms with van der Waals surface area (Å²) in [6.07, 6.45) is 4.08. The summed E-state index contributed by atoms with van der Waals surface area (Å²) in [6.45, 7) is 0.937. The number of piperidine rings is 1. The number of nitrogens with one attached hydrogen (secondary N) is 1. The summed E-state index contributed by atoms with van der Waals surface area (Å²) < 4.78 is 26.9. The second-order valence-corrected chi connectivity index (χ2v) is 8.09. The second-order valence-electron chi connectivity index (χ2n) is 8.09. The molecule has 1 aliphatic heterocycles. The molecule has 1 aromatic heterocycles. The van der Waals surface area contributed by atoms with Gasteiger partial charge in [0.1, 0.15) is 11.6 Å². The van der Waals surface area contributed by atoms with Crippen molar-refractivity contribution in [1.29, 1.82) is 0 Å². The van der Waals surface area contributed by atoms with Gasteiger partial charge in [-0.2, -0.15) is 0 Å². The van der Waals surface area contributed by atoms with E-state index in [4.69, 9.17) is 5.73 Å². The van der Waals surface area contributed by atoms with Crippen LogP contribution in [0.1, 0.15) is 23.3 Å². The molecule has 0 bridgehead atoms. The number of urea groups is 1. The Balaban J connectivity index is 1.33. The zero-order valence-electron chi connectivity index (χ0n) is 18.5. The molecule has 1 aliphatic rings. The number of halogens is 2. The Morgan fingerprint density at radius 1 is 1.00 bits per heavy atom. The molecule has 10 heteroatoms. The molecule has 3 amide bonds. The molecule has 2 heterocycles. The first-order valence-electron chi connectivity index (χ1n) is 10.8. The molecule has 176 valence electrons. The van der Waals surface area contributed by atoms with Crippen molar-refractivity contribution in [2.24, 2.45) is 0 Å². The molecule has 1 fully saturated rings. The summed E-state index contributed by atoms with van der Waals surface area (Å²) >= 11 is 0. The standard InChI is InChI=1S/C24H24F2N6O2/c1-31(20-6-10-32(11-7-20)23(33)21-22(27)29-9-8-28-21)24(34)30-19-4-2-15(3-5-19)16-12-17(25)14-18(26)13-16/h2-5,8-9,12-14,20H,6-7,10-11H2,1H3,(H2,27,29)(H,30,34). The van der Waals surface area contributed by atoms with E-state index < -0.39 is 11.6 Å². The number of amides is 3. The molecule has 8 nitrogen and oxygen atoms in total. The number of nitrogens with zero attached hydrogens (tertiary/aromatic N) is 4. The Kier molecular flexibility index (Phi) is 6.67. The third-order valence-electron chi connectivity index (χ3n) is 5.88. The molecule has 3 aromatic rings. The highest BCUT2D eigenvalue weighted by molar-refractivity contribution is 5.96. The number of hydrogen-bond acceptors (Lipinski definition) is 5. The van der Waals surface area contributed by atoms with E-state index in [2.05, 4.69) is 15.3 Å². The summed E-state index contributed by atoms with van der Waals surface area (Å²) in [5.74, 6) is -1.47. The third kappa shape index (κ3) is 5.11. The van der Waals surface area contributed by atoms with Gasteiger partial charge in [-0.05, 0) is 48.2 Å². The minimum Gasteiger partial charge on any atom is -0.382 e. The van der Waals surface area contributed by atoms with Crippen LogP contribution in [0.2, 0.25) is 0 Å². The topological polar surface area (TPSA) is 104 Å². The first kappa shape index (κ1) is 23.1. The van der Waals surface area contributed by atoms with E-state index in [9.17, 15) is 18.4 Å². The first-order valence-corrected chi connectivity index (χ1v) is 10.8. The fourth-order valence-corrected chi connectivity index (χ4v) is 3.96. The second kappa shape index (κ2) is 9.82. The monoisotopic (exact) mass is 466 g/mol. The van der Waals surface area contributed by atoms with Gasteiger partial charge in [0.15, 0.2) is 11.5 Å². The van der Waals surface area contributed by atoms with Crippen LogP contribution in [0.4, 0.5) is 25.1 Å². The minimum absolute atomic E-state index is 0.0437. The van der Waals surface area contributed by atoms with Gasteiger partial charge in [-0.1, -0.05) is 12.1 Å². The maximum absolute atomic E-state index is 13.5. The molecule has 0 unspecified atom stereocenters. The lowest BCUT2D eigenvalue weighted by Gasteiger charge is -2.36. The Hall–Kier alpha value is -4.08. The fraction of sp³-hybridized carbons (Fsp3) is 0.250. The van der Waals surface area contributed by atoms with Crippen molar-refractivity contribution in [3.8, 4) is 11.1 Å². The summed E-state index contributed by atoms with van der Waals surface area (Å²) in [6, 6.07) is 9.72. The summed E-state index contributed by atoms with van der Waals surface area (Å²) in [4.78, 5) is 36.6. The van der Waals surface area contributed by atoms with Crippen LogP contribution in [-0.4, -0.2) is 57.9 Å². The Labute approximate surface area is 195 Å². The number of rotatable bonds is 4. The Morgan fingerprint density at radius 3 is 2.24 bits per heavy atom. The number of likely N-dealkylation sites (tertiary alicyclic amines) is 1. The van der Waals surface area contributed by atoms with Crippen LogP contribution in [0, 0.1) is 11.6 Å². The van der Waals surface area contributed by atoms with E-state index in [1.54, 1.807) is 41.1 Å². The number of nitrogen functional groups attached to an aromatic ring is 1. The smallest absolute Gasteiger partial charge is 0.321 e. The van der Waals surface area contributed by atoms with E-state index in [1.165, 1.54) is 24.5 Å². The first-order chi connectivity index (χ1) is 16.3. The molecule has 0 spiro atoms. The molecule has 0 aliphatic carbocycles. The molecule has 2 aromatic carbocycles. The van der Waals surface area contributed by atoms with Gasteiger partial charge < -0.3 is 20.9 Å². The van der Waals surface area contributed by atoms with Crippen molar-refractivity contribution in [2.45, 2.75) is 18.9 Å². The number of benzene rings is 2. The van der Waals surface area contributed by atoms with Crippen molar-refractivity contribution in [3.63, 3.8) is 0 Å². The quantitative estimate of drug-likeness (QED) is 0.609. The largest absolute Gasteiger partial charge is 0.382 e. The molecule has 3 N–H and O–H groups in total. The van der Waals surface area contributed by atoms with E-state index in [1.807, 2.05) is 0 Å². The van der Waals surface area contributed by atoms with E-state index in [-0.39, 0.29) is 29.5 Å². The molecular weight excluding hydrogens is 442 g/mol. The van der Waals surface area contributed by atoms with Crippen molar-refractivity contribution < 1.29 is 18.4 Å². The summed E-state index contributed by atoms with van der Waals surface area (Å²) in [7, 11) is 1.71. The van der Waals surface area contributed by atoms with Crippen LogP contribution in [-0.2, 0) is 0 Å². The van der Waals surface area contributed by atoms with Crippen molar-refractivity contribution in [1.82, 2.24) is 19.8 Å². The number of aromatic nitrogens is 2. The van der Waals surface area contributed by atoms with Gasteiger partial charge in [0, 0.05) is 50.3 Å². The Morgan fingerprint density at radius 2 is 1.62 bits per heavy atom. The van der Waals surface area contributed by atoms with E-state index in [0.717, 1.165) is 6.07 Å². The van der Waals surface area contributed by atoms with Crippen molar-refractivity contribution in [3.05, 3.63) is 72.2 Å². The van der Waals surface area contributed by atoms with Gasteiger partial charge in [0.25, 0.3) is 5.91 Å². The average Bonchev–Trinajstić information content (AvgIpc) is 2.83. The maximum Gasteiger partial charge on any atom is 0.321 e. The lowest BCUT2D eigenvalue weighted by molar-refractivity contribution is 0.0666. The van der Waals surface area contributed by atoms with Gasteiger partial charge in [0.2, 0.25) is 0 Å². The van der Waals surface area contributed by atoms with Crippen molar-refractivity contribution in [2.75, 3.05) is 31.2 Å². The highest BCUT2D eigenvalue weighted by Crippen LogP contribution is 2.24. The van der Waals surface area contributed by atoms with Crippen LogP contribution >= 0.6 is 0 Å². The van der Waals surface area contributed by atoms with Gasteiger partial charge >= 0.3 is 6.03 Å². The van der Waals surface area contributed by atoms with E-state index >= 15 is 0 Å². The van der Waals surface area contributed by atoms with Crippen LogP contribution in [0.5, 0.6) is 0 Å². The van der Waals surface area contributed by atoms with Crippen molar-refractivity contribution >= 4 is 23.4 Å². The van der Waals surface area contributed by atoms with E-state index in [0.29, 0.717) is 42.7 Å². The summed E-state index contributed by atoms with van der Waals surface area (Å²) in [5, 5.41) is 2.83. The molecule has 34 heavy (non-hydrogen) atoms. The predicted octanol–water partition coefficient (Wildman–Crippen LogP) is 3.77. The maximum atomic E-state index is 13.5. The molecule has 0 radical (unpaired) electrons. The average molecular weight is 466 g/mol. The van der Waals surface area contributed by atoms with Gasteiger partial charge in [-0.25, -0.2) is 23.5 Å². The van der Waals surface area contributed by atoms with Crippen LogP contribution in [0.3, 0.4) is 0 Å². The predicted molar refractivity (Wildman–Crippen MR) is 124 cm³/mol. The minimum atomic E-state index is -0.651. The molecular formula is C24H24F2N6O2. The lowest BCUT2D eigenvalue weighted by atomic mass is 10.0. The SMILES string of the molecule is CN(C(=O)Nc1ccc(-c2cc(F)cc(F)c2)cc1)C1CCN(C(=O)c2nccnc2N)CC1. The molecule has 0 atom stereocenters. The van der Waals surface area contributed by atoms with Crippen LogP contribution in [0.15, 0.2) is 54.9 Å². The molecule has 4 rings (SSSR count). The lowest BCUT2D eigenvalue weighted by Crippen LogP contribution is -2.48. The van der Waals surface area contributed by atoms with Gasteiger partial charge in [-0.15, -0.1) is 0 Å². The summed E-state index contributed by atoms with van der Waals surface area (Å²) in [5.41, 5.74) is 7.49. The highest BCUT2D eigenvalue weighted by Gasteiger charge is 2.29.